The Balaban J connectivity index is 1.52. The Bertz CT molecular complexity index is 609. The number of ether oxygens (including phenoxy) is 1. The number of fused-ring (bicyclic) bond motifs is 1. The van der Waals surface area contributed by atoms with E-state index in [2.05, 4.69) is 42.6 Å². The van der Waals surface area contributed by atoms with Crippen molar-refractivity contribution in [3.05, 3.63) is 64.2 Å². The highest BCUT2D eigenvalue weighted by Crippen LogP contribution is 2.26. The average Bonchev–Trinajstić information content (AvgIpc) is 2.95. The second kappa shape index (κ2) is 6.50. The van der Waals surface area contributed by atoms with Crippen LogP contribution in [-0.4, -0.2) is 13.2 Å². The summed E-state index contributed by atoms with van der Waals surface area (Å²) in [6, 6.07) is 14.9. The summed E-state index contributed by atoms with van der Waals surface area (Å²) in [5, 5.41) is 4.34. The van der Waals surface area contributed by atoms with Gasteiger partial charge in [0.05, 0.1) is 6.61 Å². The molecular weight excluding hydrogens is 282 g/mol. The van der Waals surface area contributed by atoms with Crippen LogP contribution in [0, 0.1) is 0 Å². The maximum Gasteiger partial charge on any atom is 0.122 e. The monoisotopic (exact) mass is 301 g/mol. The van der Waals surface area contributed by atoms with E-state index in [0.717, 1.165) is 36.8 Å². The van der Waals surface area contributed by atoms with E-state index in [1.54, 1.807) is 0 Å². The molecule has 1 N–H and O–H groups in total. The van der Waals surface area contributed by atoms with Crippen molar-refractivity contribution in [1.29, 1.82) is 0 Å². The van der Waals surface area contributed by atoms with E-state index in [4.69, 9.17) is 16.3 Å². The predicted molar refractivity (Wildman–Crippen MR) is 87.2 cm³/mol. The zero-order chi connectivity index (χ0) is 14.7. The third-order valence-electron chi connectivity index (χ3n) is 3.99. The molecule has 2 nitrogen and oxygen atoms in total. The first kappa shape index (κ1) is 14.4. The molecule has 1 atom stereocenters. The van der Waals surface area contributed by atoms with Gasteiger partial charge < -0.3 is 10.1 Å². The van der Waals surface area contributed by atoms with E-state index in [9.17, 15) is 0 Å². The first-order valence-corrected chi connectivity index (χ1v) is 7.83. The number of halogens is 1. The molecule has 2 aromatic rings. The lowest BCUT2D eigenvalue weighted by Crippen LogP contribution is -2.21. The van der Waals surface area contributed by atoms with Crippen LogP contribution in [0.4, 0.5) is 0 Å². The molecule has 0 aromatic heterocycles. The molecule has 3 rings (SSSR count). The number of benzene rings is 2. The van der Waals surface area contributed by atoms with Crippen LogP contribution in [-0.2, 0) is 12.8 Å². The van der Waals surface area contributed by atoms with Gasteiger partial charge in [-0.3, -0.25) is 0 Å². The van der Waals surface area contributed by atoms with Crippen molar-refractivity contribution in [3.63, 3.8) is 0 Å². The zero-order valence-corrected chi connectivity index (χ0v) is 13.0. The largest absolute Gasteiger partial charge is 0.493 e. The van der Waals surface area contributed by atoms with Gasteiger partial charge in [0.25, 0.3) is 0 Å². The molecule has 1 heterocycles. The smallest absolute Gasteiger partial charge is 0.122 e. The molecule has 0 radical (unpaired) electrons. The fourth-order valence-electron chi connectivity index (χ4n) is 2.70. The van der Waals surface area contributed by atoms with Crippen molar-refractivity contribution < 1.29 is 4.74 Å². The number of hydrogen-bond acceptors (Lipinski definition) is 2. The third kappa shape index (κ3) is 3.58. The second-order valence-corrected chi connectivity index (χ2v) is 5.95. The minimum absolute atomic E-state index is 0.333. The summed E-state index contributed by atoms with van der Waals surface area (Å²) in [6.45, 7) is 3.97. The van der Waals surface area contributed by atoms with E-state index in [0.29, 0.717) is 6.04 Å². The van der Waals surface area contributed by atoms with Crippen LogP contribution >= 0.6 is 11.6 Å². The van der Waals surface area contributed by atoms with E-state index < -0.39 is 0 Å². The van der Waals surface area contributed by atoms with Crippen LogP contribution in [0.25, 0.3) is 0 Å². The highest BCUT2D eigenvalue weighted by atomic mass is 35.5. The van der Waals surface area contributed by atoms with E-state index in [1.165, 1.54) is 16.7 Å². The summed E-state index contributed by atoms with van der Waals surface area (Å²) in [5.41, 5.74) is 3.98. The Morgan fingerprint density at radius 3 is 2.81 bits per heavy atom. The van der Waals surface area contributed by atoms with Gasteiger partial charge >= 0.3 is 0 Å². The second-order valence-electron chi connectivity index (χ2n) is 5.52. The van der Waals surface area contributed by atoms with Gasteiger partial charge in [0.1, 0.15) is 5.75 Å². The van der Waals surface area contributed by atoms with Gasteiger partial charge in [-0.1, -0.05) is 35.9 Å². The lowest BCUT2D eigenvalue weighted by Gasteiger charge is -2.14. The van der Waals surface area contributed by atoms with Crippen molar-refractivity contribution >= 4 is 11.6 Å². The maximum absolute atomic E-state index is 5.92. The van der Waals surface area contributed by atoms with Gasteiger partial charge in [0.2, 0.25) is 0 Å². The fourth-order valence-corrected chi connectivity index (χ4v) is 2.82. The van der Waals surface area contributed by atoms with Gasteiger partial charge in [-0.05, 0) is 54.8 Å². The van der Waals surface area contributed by atoms with Gasteiger partial charge in [-0.15, -0.1) is 0 Å². The molecule has 1 unspecified atom stereocenters. The van der Waals surface area contributed by atoms with Crippen LogP contribution in [0.5, 0.6) is 5.75 Å². The molecular formula is C18H20ClNO. The standard InChI is InChI=1S/C18H20ClNO/c1-13(15-3-5-17(19)6-4-15)20-10-8-14-2-7-18-16(12-14)9-11-21-18/h2-7,12-13,20H,8-11H2,1H3. The Hall–Kier alpha value is -1.51. The van der Waals surface area contributed by atoms with Crippen molar-refractivity contribution in [2.75, 3.05) is 13.2 Å². The summed E-state index contributed by atoms with van der Waals surface area (Å²) in [5.74, 6) is 1.06. The molecule has 0 saturated carbocycles. The molecule has 0 bridgehead atoms. The first-order valence-electron chi connectivity index (χ1n) is 7.46. The topological polar surface area (TPSA) is 21.3 Å². The van der Waals surface area contributed by atoms with Crippen molar-refractivity contribution in [2.24, 2.45) is 0 Å². The normalized spacial score (nSPS) is 14.6. The van der Waals surface area contributed by atoms with E-state index >= 15 is 0 Å². The van der Waals surface area contributed by atoms with Crippen LogP contribution in [0.1, 0.15) is 29.7 Å². The molecule has 110 valence electrons. The Kier molecular flexibility index (Phi) is 4.47. The highest BCUT2D eigenvalue weighted by Gasteiger charge is 2.12. The SMILES string of the molecule is CC(NCCc1ccc2c(c1)CCO2)c1ccc(Cl)cc1. The molecule has 3 heteroatoms. The summed E-state index contributed by atoms with van der Waals surface area (Å²) in [4.78, 5) is 0. The number of rotatable bonds is 5. The van der Waals surface area contributed by atoms with Crippen molar-refractivity contribution in [1.82, 2.24) is 5.32 Å². The van der Waals surface area contributed by atoms with Crippen LogP contribution in [0.3, 0.4) is 0 Å². The van der Waals surface area contributed by atoms with Gasteiger partial charge in [0.15, 0.2) is 0 Å². The third-order valence-corrected chi connectivity index (χ3v) is 4.24. The first-order chi connectivity index (χ1) is 10.2. The Labute approximate surface area is 131 Å². The Morgan fingerprint density at radius 2 is 2.00 bits per heavy atom. The number of hydrogen-bond donors (Lipinski definition) is 1. The molecule has 0 saturated heterocycles. The summed E-state index contributed by atoms with van der Waals surface area (Å²) in [7, 11) is 0. The van der Waals surface area contributed by atoms with E-state index in [1.807, 2.05) is 12.1 Å². The summed E-state index contributed by atoms with van der Waals surface area (Å²) < 4.78 is 5.54. The summed E-state index contributed by atoms with van der Waals surface area (Å²) in [6.07, 6.45) is 2.07. The maximum atomic E-state index is 5.92. The fraction of sp³-hybridized carbons (Fsp3) is 0.333. The van der Waals surface area contributed by atoms with Crippen molar-refractivity contribution in [2.45, 2.75) is 25.8 Å². The molecule has 0 spiro atoms. The van der Waals surface area contributed by atoms with Gasteiger partial charge in [-0.2, -0.15) is 0 Å². The molecule has 21 heavy (non-hydrogen) atoms. The van der Waals surface area contributed by atoms with Gasteiger partial charge in [-0.25, -0.2) is 0 Å². The minimum atomic E-state index is 0.333. The Morgan fingerprint density at radius 1 is 1.19 bits per heavy atom. The molecule has 0 fully saturated rings. The van der Waals surface area contributed by atoms with E-state index in [-0.39, 0.29) is 0 Å². The summed E-state index contributed by atoms with van der Waals surface area (Å²) >= 11 is 5.92. The lowest BCUT2D eigenvalue weighted by molar-refractivity contribution is 0.357. The average molecular weight is 302 g/mol. The number of nitrogens with one attached hydrogen (secondary N) is 1. The van der Waals surface area contributed by atoms with Crippen molar-refractivity contribution in [3.8, 4) is 5.75 Å². The minimum Gasteiger partial charge on any atom is -0.493 e. The predicted octanol–water partition coefficient (Wildman–Crippen LogP) is 4.17. The molecule has 0 amide bonds. The zero-order valence-electron chi connectivity index (χ0n) is 12.2. The van der Waals surface area contributed by atoms with Gasteiger partial charge in [0, 0.05) is 17.5 Å². The van der Waals surface area contributed by atoms with Crippen LogP contribution in [0.2, 0.25) is 5.02 Å². The van der Waals surface area contributed by atoms with Crippen LogP contribution < -0.4 is 10.1 Å². The lowest BCUT2D eigenvalue weighted by atomic mass is 10.1. The quantitative estimate of drug-likeness (QED) is 0.895. The molecule has 0 aliphatic carbocycles. The molecule has 1 aliphatic rings. The highest BCUT2D eigenvalue weighted by molar-refractivity contribution is 6.30. The molecule has 2 aromatic carbocycles. The van der Waals surface area contributed by atoms with Crippen LogP contribution in [0.15, 0.2) is 42.5 Å². The molecule has 1 aliphatic heterocycles.